The SMILES string of the molecule is Cc1cc(C)c2[nH]c(O)c(C=O)c2c1. The molecule has 0 fully saturated rings. The minimum atomic E-state index is -0.0521. The highest BCUT2D eigenvalue weighted by molar-refractivity contribution is 6.01. The molecule has 2 N–H and O–H groups in total. The van der Waals surface area contributed by atoms with Crippen LogP contribution in [0.25, 0.3) is 10.9 Å². The van der Waals surface area contributed by atoms with E-state index in [1.165, 1.54) is 0 Å². The number of rotatable bonds is 1. The fourth-order valence-corrected chi connectivity index (χ4v) is 1.78. The Morgan fingerprint density at radius 3 is 2.71 bits per heavy atom. The van der Waals surface area contributed by atoms with Gasteiger partial charge in [0, 0.05) is 5.39 Å². The Labute approximate surface area is 81.4 Å². The van der Waals surface area contributed by atoms with Gasteiger partial charge in [-0.15, -0.1) is 0 Å². The molecule has 2 aromatic rings. The van der Waals surface area contributed by atoms with Crippen LogP contribution in [0.15, 0.2) is 12.1 Å². The molecular weight excluding hydrogens is 178 g/mol. The lowest BCUT2D eigenvalue weighted by Gasteiger charge is -1.98. The van der Waals surface area contributed by atoms with E-state index in [0.717, 1.165) is 22.0 Å². The zero-order chi connectivity index (χ0) is 10.3. The lowest BCUT2D eigenvalue weighted by atomic mass is 10.1. The first-order valence-electron chi connectivity index (χ1n) is 4.40. The van der Waals surface area contributed by atoms with Crippen molar-refractivity contribution in [1.29, 1.82) is 0 Å². The van der Waals surface area contributed by atoms with Crippen LogP contribution in [0.4, 0.5) is 0 Å². The van der Waals surface area contributed by atoms with Crippen LogP contribution in [0, 0.1) is 13.8 Å². The molecule has 72 valence electrons. The van der Waals surface area contributed by atoms with Crippen LogP contribution in [0.3, 0.4) is 0 Å². The first kappa shape index (κ1) is 8.81. The summed E-state index contributed by atoms with van der Waals surface area (Å²) >= 11 is 0. The predicted octanol–water partition coefficient (Wildman–Crippen LogP) is 2.30. The van der Waals surface area contributed by atoms with Crippen LogP contribution in [0.1, 0.15) is 21.5 Å². The number of aryl methyl sites for hydroxylation is 2. The summed E-state index contributed by atoms with van der Waals surface area (Å²) in [6.45, 7) is 3.91. The summed E-state index contributed by atoms with van der Waals surface area (Å²) in [4.78, 5) is 13.5. The van der Waals surface area contributed by atoms with Crippen LogP contribution in [0.2, 0.25) is 0 Å². The molecule has 0 atom stereocenters. The average molecular weight is 189 g/mol. The van der Waals surface area contributed by atoms with Crippen LogP contribution < -0.4 is 0 Å². The third-order valence-electron chi connectivity index (χ3n) is 2.39. The number of aromatic amines is 1. The second kappa shape index (κ2) is 2.87. The van der Waals surface area contributed by atoms with Gasteiger partial charge in [-0.3, -0.25) is 4.79 Å². The molecule has 0 amide bonds. The first-order chi connectivity index (χ1) is 6.63. The molecular formula is C11H11NO2. The standard InChI is InChI=1S/C11H11NO2/c1-6-3-7(2)10-8(4-6)9(5-13)11(14)12-10/h3-5,12,14H,1-2H3. The Morgan fingerprint density at radius 2 is 2.07 bits per heavy atom. The van der Waals surface area contributed by atoms with E-state index in [2.05, 4.69) is 4.98 Å². The van der Waals surface area contributed by atoms with Gasteiger partial charge in [-0.25, -0.2) is 0 Å². The number of carbonyl (C=O) groups excluding carboxylic acids is 1. The first-order valence-corrected chi connectivity index (χ1v) is 4.40. The molecule has 2 rings (SSSR count). The smallest absolute Gasteiger partial charge is 0.200 e. The van der Waals surface area contributed by atoms with Crippen molar-refractivity contribution in [2.24, 2.45) is 0 Å². The molecule has 0 aliphatic heterocycles. The highest BCUT2D eigenvalue weighted by atomic mass is 16.3. The lowest BCUT2D eigenvalue weighted by Crippen LogP contribution is -1.81. The van der Waals surface area contributed by atoms with E-state index in [0.29, 0.717) is 11.8 Å². The second-order valence-corrected chi connectivity index (χ2v) is 3.51. The van der Waals surface area contributed by atoms with Crippen LogP contribution in [-0.2, 0) is 0 Å². The van der Waals surface area contributed by atoms with Crippen molar-refractivity contribution in [3.63, 3.8) is 0 Å². The van der Waals surface area contributed by atoms with Crippen molar-refractivity contribution in [2.75, 3.05) is 0 Å². The fourth-order valence-electron chi connectivity index (χ4n) is 1.78. The van der Waals surface area contributed by atoms with Gasteiger partial charge in [0.15, 0.2) is 12.2 Å². The summed E-state index contributed by atoms with van der Waals surface area (Å²) in [5.41, 5.74) is 3.28. The van der Waals surface area contributed by atoms with Crippen molar-refractivity contribution in [3.05, 3.63) is 28.8 Å². The number of nitrogens with one attached hydrogen (secondary N) is 1. The van der Waals surface area contributed by atoms with Crippen LogP contribution in [-0.4, -0.2) is 16.4 Å². The molecule has 14 heavy (non-hydrogen) atoms. The Kier molecular flexibility index (Phi) is 1.81. The van der Waals surface area contributed by atoms with Crippen molar-refractivity contribution in [3.8, 4) is 5.88 Å². The molecule has 3 heteroatoms. The van der Waals surface area contributed by atoms with Gasteiger partial charge in [0.25, 0.3) is 0 Å². The largest absolute Gasteiger partial charge is 0.494 e. The Bertz CT molecular complexity index is 511. The molecule has 0 unspecified atom stereocenters. The number of fused-ring (bicyclic) bond motifs is 1. The van der Waals surface area contributed by atoms with Crippen molar-refractivity contribution in [1.82, 2.24) is 4.98 Å². The molecule has 1 heterocycles. The molecule has 0 saturated carbocycles. The van der Waals surface area contributed by atoms with E-state index >= 15 is 0 Å². The number of hydrogen-bond donors (Lipinski definition) is 2. The topological polar surface area (TPSA) is 53.1 Å². The number of benzene rings is 1. The van der Waals surface area contributed by atoms with E-state index in [-0.39, 0.29) is 5.88 Å². The summed E-state index contributed by atoms with van der Waals surface area (Å²) in [5, 5.41) is 10.2. The van der Waals surface area contributed by atoms with Gasteiger partial charge in [0.05, 0.1) is 11.1 Å². The Hall–Kier alpha value is -1.77. The molecule has 1 aromatic heterocycles. The maximum absolute atomic E-state index is 10.7. The zero-order valence-electron chi connectivity index (χ0n) is 8.09. The van der Waals surface area contributed by atoms with Gasteiger partial charge in [-0.2, -0.15) is 0 Å². The summed E-state index contributed by atoms with van der Waals surface area (Å²) in [5.74, 6) is -0.0521. The molecule has 3 nitrogen and oxygen atoms in total. The van der Waals surface area contributed by atoms with Crippen LogP contribution in [0.5, 0.6) is 5.88 Å². The quantitative estimate of drug-likeness (QED) is 0.676. The Balaban J connectivity index is 2.94. The summed E-state index contributed by atoms with van der Waals surface area (Å²) in [6.07, 6.45) is 0.674. The maximum Gasteiger partial charge on any atom is 0.200 e. The third kappa shape index (κ3) is 1.09. The number of carbonyl (C=O) groups is 1. The van der Waals surface area contributed by atoms with Gasteiger partial charge in [-0.1, -0.05) is 11.6 Å². The normalized spacial score (nSPS) is 10.7. The van der Waals surface area contributed by atoms with Crippen LogP contribution >= 0.6 is 0 Å². The second-order valence-electron chi connectivity index (χ2n) is 3.51. The van der Waals surface area contributed by atoms with E-state index in [4.69, 9.17) is 0 Å². The van der Waals surface area contributed by atoms with Crippen molar-refractivity contribution in [2.45, 2.75) is 13.8 Å². The number of aromatic hydroxyl groups is 1. The Morgan fingerprint density at radius 1 is 1.36 bits per heavy atom. The molecule has 1 aromatic carbocycles. The van der Waals surface area contributed by atoms with Crippen molar-refractivity contribution >= 4 is 17.2 Å². The third-order valence-corrected chi connectivity index (χ3v) is 2.39. The number of aldehydes is 1. The summed E-state index contributed by atoms with van der Waals surface area (Å²) in [7, 11) is 0. The predicted molar refractivity (Wildman–Crippen MR) is 54.8 cm³/mol. The fraction of sp³-hybridized carbons (Fsp3) is 0.182. The highest BCUT2D eigenvalue weighted by Crippen LogP contribution is 2.28. The van der Waals surface area contributed by atoms with E-state index in [1.54, 1.807) is 0 Å². The van der Waals surface area contributed by atoms with Crippen molar-refractivity contribution < 1.29 is 9.90 Å². The van der Waals surface area contributed by atoms with Gasteiger partial charge in [0.2, 0.25) is 0 Å². The summed E-state index contributed by atoms with van der Waals surface area (Å²) < 4.78 is 0. The molecule has 0 saturated heterocycles. The molecule has 0 aliphatic rings. The molecule has 0 aliphatic carbocycles. The number of hydrogen-bond acceptors (Lipinski definition) is 2. The zero-order valence-corrected chi connectivity index (χ0v) is 8.09. The average Bonchev–Trinajstić information content (AvgIpc) is 2.41. The maximum atomic E-state index is 10.7. The molecule has 0 spiro atoms. The van der Waals surface area contributed by atoms with Gasteiger partial charge in [-0.05, 0) is 25.5 Å². The minimum Gasteiger partial charge on any atom is -0.494 e. The monoisotopic (exact) mass is 189 g/mol. The van der Waals surface area contributed by atoms with E-state index in [9.17, 15) is 9.90 Å². The molecule has 0 radical (unpaired) electrons. The number of aromatic nitrogens is 1. The van der Waals surface area contributed by atoms with Gasteiger partial charge in [0.1, 0.15) is 0 Å². The highest BCUT2D eigenvalue weighted by Gasteiger charge is 2.11. The van der Waals surface area contributed by atoms with E-state index < -0.39 is 0 Å². The van der Waals surface area contributed by atoms with E-state index in [1.807, 2.05) is 26.0 Å². The lowest BCUT2D eigenvalue weighted by molar-refractivity contribution is 0.112. The number of H-pyrrole nitrogens is 1. The minimum absolute atomic E-state index is 0.0521. The molecule has 0 bridgehead atoms. The van der Waals surface area contributed by atoms with Gasteiger partial charge < -0.3 is 10.1 Å². The van der Waals surface area contributed by atoms with Gasteiger partial charge >= 0.3 is 0 Å². The summed E-state index contributed by atoms with van der Waals surface area (Å²) in [6, 6.07) is 3.90.